The van der Waals surface area contributed by atoms with Gasteiger partial charge in [0.1, 0.15) is 6.61 Å². The van der Waals surface area contributed by atoms with Crippen LogP contribution in [0.2, 0.25) is 0 Å². The molecule has 0 aliphatic carbocycles. The maximum atomic E-state index is 12.4. The molecular weight excluding hydrogens is 444 g/mol. The van der Waals surface area contributed by atoms with E-state index in [4.69, 9.17) is 14.2 Å². The van der Waals surface area contributed by atoms with Crippen molar-refractivity contribution in [3.8, 4) is 11.5 Å². The van der Waals surface area contributed by atoms with Gasteiger partial charge in [0.2, 0.25) is 11.8 Å². The molecule has 1 N–H and O–H groups in total. The van der Waals surface area contributed by atoms with Crippen molar-refractivity contribution in [1.82, 2.24) is 0 Å². The number of hydrogen-bond acceptors (Lipinski definition) is 6. The predicted octanol–water partition coefficient (Wildman–Crippen LogP) is 5.28. The van der Waals surface area contributed by atoms with Crippen molar-refractivity contribution in [2.75, 3.05) is 11.9 Å². The number of amides is 1. The minimum absolute atomic E-state index is 0.161. The van der Waals surface area contributed by atoms with Crippen molar-refractivity contribution in [2.45, 2.75) is 27.4 Å². The van der Waals surface area contributed by atoms with Gasteiger partial charge in [0.05, 0.1) is 6.61 Å². The Hall–Kier alpha value is -4.39. The number of carbonyl (C=O) groups is 2. The quantitative estimate of drug-likeness (QED) is 0.358. The number of nitrogens with one attached hydrogen (secondary N) is 1. The summed E-state index contributed by atoms with van der Waals surface area (Å²) in [5.74, 6) is 0.706. The van der Waals surface area contributed by atoms with Crippen LogP contribution < -0.4 is 14.8 Å². The lowest BCUT2D eigenvalue weighted by Crippen LogP contribution is -2.07. The Kier molecular flexibility index (Phi) is 7.26. The number of aliphatic imine (C=N–C) groups is 1. The van der Waals surface area contributed by atoms with Gasteiger partial charge in [0.15, 0.2) is 17.2 Å². The van der Waals surface area contributed by atoms with Crippen LogP contribution in [-0.2, 0) is 20.9 Å². The van der Waals surface area contributed by atoms with E-state index in [9.17, 15) is 9.59 Å². The SMILES string of the molecule is CCOc1cc(/C=C2\N=C(c3ccc(NC(C)=O)cc3)OC2=O)ccc1OCc1ccc(C)cc1. The zero-order valence-corrected chi connectivity index (χ0v) is 19.8. The molecule has 0 unspecified atom stereocenters. The van der Waals surface area contributed by atoms with Crippen LogP contribution in [0.1, 0.15) is 36.1 Å². The summed E-state index contributed by atoms with van der Waals surface area (Å²) in [6.45, 7) is 6.27. The molecule has 7 nitrogen and oxygen atoms in total. The van der Waals surface area contributed by atoms with E-state index < -0.39 is 5.97 Å². The zero-order chi connectivity index (χ0) is 24.8. The molecule has 0 atom stereocenters. The maximum absolute atomic E-state index is 12.4. The normalized spacial score (nSPS) is 13.9. The number of anilines is 1. The molecule has 35 heavy (non-hydrogen) atoms. The largest absolute Gasteiger partial charge is 0.490 e. The highest BCUT2D eigenvalue weighted by molar-refractivity contribution is 6.13. The number of hydrogen-bond donors (Lipinski definition) is 1. The first-order chi connectivity index (χ1) is 16.9. The molecule has 0 saturated heterocycles. The molecule has 0 spiro atoms. The highest BCUT2D eigenvalue weighted by Crippen LogP contribution is 2.31. The van der Waals surface area contributed by atoms with E-state index in [-0.39, 0.29) is 17.5 Å². The molecule has 0 saturated carbocycles. The van der Waals surface area contributed by atoms with E-state index in [0.717, 1.165) is 11.1 Å². The Morgan fingerprint density at radius 1 is 1.00 bits per heavy atom. The summed E-state index contributed by atoms with van der Waals surface area (Å²) in [5, 5.41) is 2.69. The first-order valence-electron chi connectivity index (χ1n) is 11.3. The standard InChI is InChI=1S/C28H26N2O5/c1-4-33-26-16-21(9-14-25(26)34-17-20-7-5-18(2)6-8-20)15-24-28(32)35-27(30-24)22-10-12-23(13-11-22)29-19(3)31/h5-16H,4,17H2,1-3H3,(H,29,31)/b24-15-. The molecule has 0 bridgehead atoms. The fourth-order valence-corrected chi connectivity index (χ4v) is 3.44. The van der Waals surface area contributed by atoms with Crippen LogP contribution in [0.5, 0.6) is 11.5 Å². The van der Waals surface area contributed by atoms with Crippen LogP contribution in [0.3, 0.4) is 0 Å². The monoisotopic (exact) mass is 470 g/mol. The minimum atomic E-state index is -0.538. The van der Waals surface area contributed by atoms with Crippen molar-refractivity contribution < 1.29 is 23.8 Å². The van der Waals surface area contributed by atoms with E-state index in [2.05, 4.69) is 10.3 Å². The Balaban J connectivity index is 1.52. The van der Waals surface area contributed by atoms with Crippen molar-refractivity contribution in [3.05, 3.63) is 94.7 Å². The molecule has 0 aromatic heterocycles. The van der Waals surface area contributed by atoms with Gasteiger partial charge in [-0.2, -0.15) is 0 Å². The number of nitrogens with zero attached hydrogens (tertiary/aromatic N) is 1. The average Bonchev–Trinajstić information content (AvgIpc) is 3.20. The topological polar surface area (TPSA) is 86.2 Å². The second-order valence-corrected chi connectivity index (χ2v) is 8.01. The molecular formula is C28H26N2O5. The number of benzene rings is 3. The summed E-state index contributed by atoms with van der Waals surface area (Å²) in [7, 11) is 0. The molecule has 1 amide bonds. The first kappa shape index (κ1) is 23.8. The van der Waals surface area contributed by atoms with Gasteiger partial charge in [0.25, 0.3) is 0 Å². The number of esters is 1. The maximum Gasteiger partial charge on any atom is 0.363 e. The van der Waals surface area contributed by atoms with Crippen LogP contribution in [0.25, 0.3) is 6.08 Å². The van der Waals surface area contributed by atoms with E-state index >= 15 is 0 Å². The fraction of sp³-hybridized carbons (Fsp3) is 0.179. The predicted molar refractivity (Wildman–Crippen MR) is 134 cm³/mol. The van der Waals surface area contributed by atoms with Crippen LogP contribution in [0, 0.1) is 6.92 Å². The summed E-state index contributed by atoms with van der Waals surface area (Å²) in [6.07, 6.45) is 1.65. The van der Waals surface area contributed by atoms with Crippen LogP contribution in [0.4, 0.5) is 5.69 Å². The minimum Gasteiger partial charge on any atom is -0.490 e. The van der Waals surface area contributed by atoms with Crippen LogP contribution in [-0.4, -0.2) is 24.4 Å². The van der Waals surface area contributed by atoms with Gasteiger partial charge < -0.3 is 19.5 Å². The lowest BCUT2D eigenvalue weighted by Gasteiger charge is -2.13. The number of cyclic esters (lactones) is 1. The lowest BCUT2D eigenvalue weighted by atomic mass is 10.1. The second kappa shape index (κ2) is 10.7. The Bertz CT molecular complexity index is 1290. The Morgan fingerprint density at radius 2 is 1.74 bits per heavy atom. The van der Waals surface area contributed by atoms with Gasteiger partial charge >= 0.3 is 5.97 Å². The molecule has 1 aliphatic rings. The van der Waals surface area contributed by atoms with Crippen LogP contribution in [0.15, 0.2) is 77.4 Å². The summed E-state index contributed by atoms with van der Waals surface area (Å²) in [5.41, 5.74) is 4.45. The fourth-order valence-electron chi connectivity index (χ4n) is 3.44. The molecule has 178 valence electrons. The molecule has 7 heteroatoms. The third-order valence-corrected chi connectivity index (χ3v) is 5.16. The van der Waals surface area contributed by atoms with Crippen molar-refractivity contribution in [3.63, 3.8) is 0 Å². The summed E-state index contributed by atoms with van der Waals surface area (Å²) < 4.78 is 17.1. The zero-order valence-electron chi connectivity index (χ0n) is 19.8. The van der Waals surface area contributed by atoms with Gasteiger partial charge in [-0.3, -0.25) is 4.79 Å². The van der Waals surface area contributed by atoms with E-state index in [1.807, 2.05) is 56.3 Å². The summed E-state index contributed by atoms with van der Waals surface area (Å²) >= 11 is 0. The lowest BCUT2D eigenvalue weighted by molar-refractivity contribution is -0.129. The van der Waals surface area contributed by atoms with E-state index in [1.165, 1.54) is 12.5 Å². The molecule has 3 aromatic carbocycles. The molecule has 0 radical (unpaired) electrons. The van der Waals surface area contributed by atoms with Gasteiger partial charge in [-0.1, -0.05) is 35.9 Å². The number of rotatable bonds is 8. The van der Waals surface area contributed by atoms with Gasteiger partial charge in [-0.25, -0.2) is 9.79 Å². The third kappa shape index (κ3) is 6.14. The van der Waals surface area contributed by atoms with E-state index in [1.54, 1.807) is 30.3 Å². The third-order valence-electron chi connectivity index (χ3n) is 5.16. The Morgan fingerprint density at radius 3 is 2.43 bits per heavy atom. The van der Waals surface area contributed by atoms with Crippen molar-refractivity contribution in [1.29, 1.82) is 0 Å². The highest BCUT2D eigenvalue weighted by Gasteiger charge is 2.24. The van der Waals surface area contributed by atoms with E-state index in [0.29, 0.717) is 36.0 Å². The summed E-state index contributed by atoms with van der Waals surface area (Å²) in [4.78, 5) is 28.0. The van der Waals surface area contributed by atoms with Crippen LogP contribution >= 0.6 is 0 Å². The van der Waals surface area contributed by atoms with Crippen molar-refractivity contribution in [2.24, 2.45) is 4.99 Å². The molecule has 1 heterocycles. The average molecular weight is 471 g/mol. The first-order valence-corrected chi connectivity index (χ1v) is 11.3. The molecule has 1 aliphatic heterocycles. The molecule has 0 fully saturated rings. The number of aryl methyl sites for hydroxylation is 1. The Labute approximate surface area is 204 Å². The van der Waals surface area contributed by atoms with Crippen molar-refractivity contribution >= 4 is 29.5 Å². The molecule has 4 rings (SSSR count). The van der Waals surface area contributed by atoms with Gasteiger partial charge in [-0.05, 0) is 67.4 Å². The number of ether oxygens (including phenoxy) is 3. The number of carbonyl (C=O) groups excluding carboxylic acids is 2. The second-order valence-electron chi connectivity index (χ2n) is 8.01. The summed E-state index contributed by atoms with van der Waals surface area (Å²) in [6, 6.07) is 20.5. The molecule has 3 aromatic rings. The smallest absolute Gasteiger partial charge is 0.363 e. The highest BCUT2D eigenvalue weighted by atomic mass is 16.6. The van der Waals surface area contributed by atoms with Gasteiger partial charge in [-0.15, -0.1) is 0 Å². The van der Waals surface area contributed by atoms with Gasteiger partial charge in [0, 0.05) is 18.2 Å².